The van der Waals surface area contributed by atoms with Crippen molar-refractivity contribution in [3.63, 3.8) is 0 Å². The average molecular weight is 219 g/mol. The molecule has 0 heterocycles. The van der Waals surface area contributed by atoms with E-state index in [4.69, 9.17) is 10.5 Å². The van der Waals surface area contributed by atoms with Crippen LogP contribution in [0.2, 0.25) is 0 Å². The third kappa shape index (κ3) is 2.38. The van der Waals surface area contributed by atoms with E-state index in [0.717, 1.165) is 25.0 Å². The second-order valence-electron chi connectivity index (χ2n) is 5.27. The van der Waals surface area contributed by atoms with Gasteiger partial charge in [0, 0.05) is 5.54 Å². The molecule has 1 aromatic carbocycles. The molecule has 0 amide bonds. The molecule has 88 valence electrons. The summed E-state index contributed by atoms with van der Waals surface area (Å²) >= 11 is 0. The smallest absolute Gasteiger partial charge is 0.122 e. The second kappa shape index (κ2) is 4.10. The Kier molecular flexibility index (Phi) is 2.94. The average Bonchev–Trinajstić information content (AvgIpc) is 2.96. The molecule has 2 rings (SSSR count). The summed E-state index contributed by atoms with van der Waals surface area (Å²) in [6.45, 7) is 4.42. The molecule has 0 spiro atoms. The third-order valence-electron chi connectivity index (χ3n) is 3.41. The minimum atomic E-state index is 0.0445. The second-order valence-corrected chi connectivity index (χ2v) is 5.27. The normalized spacial score (nSPS) is 17.6. The SMILES string of the molecule is COc1ccc(C(C)C)cc1CC1(N)CC1. The summed E-state index contributed by atoms with van der Waals surface area (Å²) in [6.07, 6.45) is 3.22. The summed E-state index contributed by atoms with van der Waals surface area (Å²) in [6, 6.07) is 6.45. The lowest BCUT2D eigenvalue weighted by Crippen LogP contribution is -2.24. The van der Waals surface area contributed by atoms with Gasteiger partial charge < -0.3 is 10.5 Å². The Hall–Kier alpha value is -1.02. The van der Waals surface area contributed by atoms with Crippen molar-refractivity contribution in [2.45, 2.75) is 44.6 Å². The van der Waals surface area contributed by atoms with Gasteiger partial charge in [-0.3, -0.25) is 0 Å². The number of ether oxygens (including phenoxy) is 1. The predicted molar refractivity (Wildman–Crippen MR) is 66.9 cm³/mol. The van der Waals surface area contributed by atoms with Crippen molar-refractivity contribution in [1.82, 2.24) is 0 Å². The summed E-state index contributed by atoms with van der Waals surface area (Å²) in [7, 11) is 1.73. The fourth-order valence-corrected chi connectivity index (χ4v) is 2.01. The summed E-state index contributed by atoms with van der Waals surface area (Å²) in [5, 5.41) is 0. The van der Waals surface area contributed by atoms with Crippen LogP contribution in [-0.4, -0.2) is 12.6 Å². The number of rotatable bonds is 4. The van der Waals surface area contributed by atoms with Crippen molar-refractivity contribution < 1.29 is 4.74 Å². The molecule has 0 saturated heterocycles. The van der Waals surface area contributed by atoms with E-state index in [1.165, 1.54) is 11.1 Å². The minimum Gasteiger partial charge on any atom is -0.496 e. The van der Waals surface area contributed by atoms with E-state index >= 15 is 0 Å². The molecule has 0 atom stereocenters. The fourth-order valence-electron chi connectivity index (χ4n) is 2.01. The summed E-state index contributed by atoms with van der Waals surface area (Å²) in [4.78, 5) is 0. The number of hydrogen-bond acceptors (Lipinski definition) is 2. The number of methoxy groups -OCH3 is 1. The minimum absolute atomic E-state index is 0.0445. The van der Waals surface area contributed by atoms with Crippen LogP contribution in [0, 0.1) is 0 Å². The van der Waals surface area contributed by atoms with Crippen LogP contribution in [0.3, 0.4) is 0 Å². The van der Waals surface area contributed by atoms with Gasteiger partial charge in [0.2, 0.25) is 0 Å². The number of nitrogens with two attached hydrogens (primary N) is 1. The summed E-state index contributed by atoms with van der Waals surface area (Å²) in [5.74, 6) is 1.53. The van der Waals surface area contributed by atoms with Gasteiger partial charge in [-0.2, -0.15) is 0 Å². The van der Waals surface area contributed by atoms with Gasteiger partial charge in [-0.1, -0.05) is 26.0 Å². The summed E-state index contributed by atoms with van der Waals surface area (Å²) < 4.78 is 5.40. The molecule has 2 N–H and O–H groups in total. The molecule has 0 aliphatic heterocycles. The Morgan fingerprint density at radius 1 is 1.38 bits per heavy atom. The molecule has 1 aromatic rings. The van der Waals surface area contributed by atoms with E-state index in [1.54, 1.807) is 7.11 Å². The highest BCUT2D eigenvalue weighted by Crippen LogP contribution is 2.38. The highest BCUT2D eigenvalue weighted by molar-refractivity contribution is 5.40. The van der Waals surface area contributed by atoms with Crippen LogP contribution in [0.5, 0.6) is 5.75 Å². The zero-order chi connectivity index (χ0) is 11.8. The fraction of sp³-hybridized carbons (Fsp3) is 0.571. The van der Waals surface area contributed by atoms with Crippen molar-refractivity contribution in [2.75, 3.05) is 7.11 Å². The van der Waals surface area contributed by atoms with E-state index < -0.39 is 0 Å². The van der Waals surface area contributed by atoms with Gasteiger partial charge in [0.25, 0.3) is 0 Å². The maximum absolute atomic E-state index is 6.17. The zero-order valence-electron chi connectivity index (χ0n) is 10.4. The van der Waals surface area contributed by atoms with Gasteiger partial charge in [0.05, 0.1) is 7.11 Å². The van der Waals surface area contributed by atoms with Crippen LogP contribution < -0.4 is 10.5 Å². The number of benzene rings is 1. The van der Waals surface area contributed by atoms with Crippen LogP contribution in [0.15, 0.2) is 18.2 Å². The first-order chi connectivity index (χ1) is 7.54. The molecule has 0 aromatic heterocycles. The van der Waals surface area contributed by atoms with Crippen LogP contribution in [0.1, 0.15) is 43.7 Å². The van der Waals surface area contributed by atoms with Crippen molar-refractivity contribution in [1.29, 1.82) is 0 Å². The zero-order valence-corrected chi connectivity index (χ0v) is 10.4. The molecule has 0 radical (unpaired) electrons. The van der Waals surface area contributed by atoms with Gasteiger partial charge in [-0.25, -0.2) is 0 Å². The Labute approximate surface area is 97.8 Å². The van der Waals surface area contributed by atoms with Crippen LogP contribution in [0.25, 0.3) is 0 Å². The Bertz CT molecular complexity index is 380. The standard InChI is InChI=1S/C14H21NO/c1-10(2)11-4-5-13(16-3)12(8-11)9-14(15)6-7-14/h4-5,8,10H,6-7,9,15H2,1-3H3. The molecule has 0 unspecified atom stereocenters. The highest BCUT2D eigenvalue weighted by Gasteiger charge is 2.38. The van der Waals surface area contributed by atoms with Crippen molar-refractivity contribution in [2.24, 2.45) is 5.73 Å². The van der Waals surface area contributed by atoms with Gasteiger partial charge >= 0.3 is 0 Å². The van der Waals surface area contributed by atoms with E-state index in [0.29, 0.717) is 5.92 Å². The first-order valence-corrected chi connectivity index (χ1v) is 6.00. The molecule has 1 saturated carbocycles. The first-order valence-electron chi connectivity index (χ1n) is 6.00. The van der Waals surface area contributed by atoms with E-state index in [2.05, 4.69) is 32.0 Å². The van der Waals surface area contributed by atoms with Crippen LogP contribution >= 0.6 is 0 Å². The van der Waals surface area contributed by atoms with E-state index in [1.807, 2.05) is 0 Å². The van der Waals surface area contributed by atoms with Gasteiger partial charge in [-0.05, 0) is 42.4 Å². The van der Waals surface area contributed by atoms with Gasteiger partial charge in [0.1, 0.15) is 5.75 Å². The molecule has 1 fully saturated rings. The monoisotopic (exact) mass is 219 g/mol. The maximum atomic E-state index is 6.17. The largest absolute Gasteiger partial charge is 0.496 e. The van der Waals surface area contributed by atoms with Crippen molar-refractivity contribution >= 4 is 0 Å². The number of hydrogen-bond donors (Lipinski definition) is 1. The third-order valence-corrected chi connectivity index (χ3v) is 3.41. The van der Waals surface area contributed by atoms with E-state index in [9.17, 15) is 0 Å². The quantitative estimate of drug-likeness (QED) is 0.845. The molecule has 0 bridgehead atoms. The van der Waals surface area contributed by atoms with Crippen LogP contribution in [0.4, 0.5) is 0 Å². The predicted octanol–water partition coefficient (Wildman–Crippen LogP) is 2.85. The molecular formula is C14H21NO. The van der Waals surface area contributed by atoms with Crippen LogP contribution in [-0.2, 0) is 6.42 Å². The highest BCUT2D eigenvalue weighted by atomic mass is 16.5. The lowest BCUT2D eigenvalue weighted by Gasteiger charge is -2.15. The molecular weight excluding hydrogens is 198 g/mol. The summed E-state index contributed by atoms with van der Waals surface area (Å²) in [5.41, 5.74) is 8.84. The topological polar surface area (TPSA) is 35.2 Å². The lowest BCUT2D eigenvalue weighted by molar-refractivity contribution is 0.407. The molecule has 2 nitrogen and oxygen atoms in total. The van der Waals surface area contributed by atoms with Gasteiger partial charge in [-0.15, -0.1) is 0 Å². The lowest BCUT2D eigenvalue weighted by atomic mass is 9.96. The maximum Gasteiger partial charge on any atom is 0.122 e. The van der Waals surface area contributed by atoms with Crippen molar-refractivity contribution in [3.8, 4) is 5.75 Å². The Balaban J connectivity index is 2.27. The van der Waals surface area contributed by atoms with Gasteiger partial charge in [0.15, 0.2) is 0 Å². The molecule has 2 heteroatoms. The molecule has 1 aliphatic rings. The molecule has 1 aliphatic carbocycles. The molecule has 16 heavy (non-hydrogen) atoms. The first kappa shape index (κ1) is 11.5. The Morgan fingerprint density at radius 3 is 2.56 bits per heavy atom. The van der Waals surface area contributed by atoms with Crippen molar-refractivity contribution in [3.05, 3.63) is 29.3 Å². The van der Waals surface area contributed by atoms with E-state index in [-0.39, 0.29) is 5.54 Å². The Morgan fingerprint density at radius 2 is 2.06 bits per heavy atom.